The Morgan fingerprint density at radius 2 is 1.95 bits per heavy atom. The van der Waals surface area contributed by atoms with Crippen molar-refractivity contribution in [3.63, 3.8) is 0 Å². The van der Waals surface area contributed by atoms with Crippen LogP contribution in [0.1, 0.15) is 11.1 Å². The van der Waals surface area contributed by atoms with Gasteiger partial charge >= 0.3 is 5.69 Å². The number of nitro groups is 1. The molecule has 110 valence electrons. The first-order valence-corrected chi connectivity index (χ1v) is 6.81. The Balaban J connectivity index is 2.23. The summed E-state index contributed by atoms with van der Waals surface area (Å²) >= 11 is 11.9. The van der Waals surface area contributed by atoms with Gasteiger partial charge < -0.3 is 10.5 Å². The Labute approximate surface area is 131 Å². The summed E-state index contributed by atoms with van der Waals surface area (Å²) in [5.74, 6) is 0.160. The van der Waals surface area contributed by atoms with E-state index in [-0.39, 0.29) is 24.6 Å². The summed E-state index contributed by atoms with van der Waals surface area (Å²) in [5, 5.41) is 12.1. The average molecular weight is 327 g/mol. The third-order valence-electron chi connectivity index (χ3n) is 2.85. The van der Waals surface area contributed by atoms with Crippen molar-refractivity contribution in [2.45, 2.75) is 13.2 Å². The van der Waals surface area contributed by atoms with Crippen molar-refractivity contribution in [2.24, 2.45) is 5.73 Å². The van der Waals surface area contributed by atoms with Gasteiger partial charge in [-0.3, -0.25) is 10.1 Å². The minimum absolute atomic E-state index is 0.0855. The summed E-state index contributed by atoms with van der Waals surface area (Å²) in [6, 6.07) is 9.57. The molecule has 0 atom stereocenters. The van der Waals surface area contributed by atoms with Gasteiger partial charge in [-0.2, -0.15) is 0 Å². The number of hydrogen-bond acceptors (Lipinski definition) is 4. The standard InChI is InChI=1S/C14H12Cl2N2O3/c15-11-2-3-12(16)10(6-11)8-21-14-4-1-9(7-17)5-13(14)18(19)20/h1-6H,7-8,17H2. The van der Waals surface area contributed by atoms with E-state index < -0.39 is 4.92 Å². The van der Waals surface area contributed by atoms with Crippen LogP contribution in [-0.2, 0) is 13.2 Å². The molecule has 2 aromatic carbocycles. The molecule has 0 aliphatic heterocycles. The van der Waals surface area contributed by atoms with Crippen molar-refractivity contribution in [1.82, 2.24) is 0 Å². The van der Waals surface area contributed by atoms with E-state index in [1.165, 1.54) is 12.1 Å². The molecule has 0 aliphatic carbocycles. The molecule has 0 radical (unpaired) electrons. The Morgan fingerprint density at radius 1 is 1.19 bits per heavy atom. The predicted molar refractivity (Wildman–Crippen MR) is 81.8 cm³/mol. The minimum Gasteiger partial charge on any atom is -0.482 e. The predicted octanol–water partition coefficient (Wildman–Crippen LogP) is 3.94. The van der Waals surface area contributed by atoms with Gasteiger partial charge in [0.25, 0.3) is 0 Å². The molecule has 2 N–H and O–H groups in total. The van der Waals surface area contributed by atoms with Crippen molar-refractivity contribution in [3.8, 4) is 5.75 Å². The molecule has 0 unspecified atom stereocenters. The molecule has 0 aromatic heterocycles. The second-order valence-electron chi connectivity index (χ2n) is 4.29. The SMILES string of the molecule is NCc1ccc(OCc2cc(Cl)ccc2Cl)c([N+](=O)[O-])c1. The molecular formula is C14H12Cl2N2O3. The molecule has 21 heavy (non-hydrogen) atoms. The number of hydrogen-bond donors (Lipinski definition) is 1. The third-order valence-corrected chi connectivity index (χ3v) is 3.45. The van der Waals surface area contributed by atoms with Gasteiger partial charge in [-0.25, -0.2) is 0 Å². The molecule has 2 aromatic rings. The first kappa shape index (κ1) is 15.6. The minimum atomic E-state index is -0.506. The molecule has 0 fully saturated rings. The summed E-state index contributed by atoms with van der Waals surface area (Å²) in [4.78, 5) is 10.6. The van der Waals surface area contributed by atoms with E-state index in [0.717, 1.165) is 0 Å². The summed E-state index contributed by atoms with van der Waals surface area (Å²) in [6.45, 7) is 0.309. The zero-order chi connectivity index (χ0) is 15.4. The van der Waals surface area contributed by atoms with Gasteiger partial charge in [0.1, 0.15) is 6.61 Å². The lowest BCUT2D eigenvalue weighted by molar-refractivity contribution is -0.386. The summed E-state index contributed by atoms with van der Waals surface area (Å²) in [7, 11) is 0. The zero-order valence-electron chi connectivity index (χ0n) is 10.9. The van der Waals surface area contributed by atoms with Crippen LogP contribution in [0.2, 0.25) is 10.0 Å². The van der Waals surface area contributed by atoms with E-state index in [9.17, 15) is 10.1 Å². The van der Waals surface area contributed by atoms with Crippen molar-refractivity contribution < 1.29 is 9.66 Å². The lowest BCUT2D eigenvalue weighted by Crippen LogP contribution is -2.02. The number of halogens is 2. The smallest absolute Gasteiger partial charge is 0.311 e. The van der Waals surface area contributed by atoms with Crippen LogP contribution in [0.5, 0.6) is 5.75 Å². The molecule has 0 spiro atoms. The lowest BCUT2D eigenvalue weighted by Gasteiger charge is -2.09. The molecule has 0 heterocycles. The highest BCUT2D eigenvalue weighted by atomic mass is 35.5. The average Bonchev–Trinajstić information content (AvgIpc) is 2.48. The maximum absolute atomic E-state index is 11.1. The molecule has 0 amide bonds. The van der Waals surface area contributed by atoms with Crippen LogP contribution in [0.4, 0.5) is 5.69 Å². The van der Waals surface area contributed by atoms with Crippen LogP contribution in [-0.4, -0.2) is 4.92 Å². The summed E-state index contributed by atoms with van der Waals surface area (Å²) < 4.78 is 5.49. The van der Waals surface area contributed by atoms with E-state index >= 15 is 0 Å². The number of rotatable bonds is 5. The summed E-state index contributed by atoms with van der Waals surface area (Å²) in [6.07, 6.45) is 0. The topological polar surface area (TPSA) is 78.4 Å². The quantitative estimate of drug-likeness (QED) is 0.666. The van der Waals surface area contributed by atoms with Gasteiger partial charge in [-0.05, 0) is 29.8 Å². The fourth-order valence-corrected chi connectivity index (χ4v) is 2.13. The first-order valence-electron chi connectivity index (χ1n) is 6.05. The van der Waals surface area contributed by atoms with E-state index in [2.05, 4.69) is 0 Å². The summed E-state index contributed by atoms with van der Waals surface area (Å²) in [5.41, 5.74) is 6.66. The molecule has 7 heteroatoms. The van der Waals surface area contributed by atoms with Gasteiger partial charge in [0.05, 0.1) is 4.92 Å². The molecule has 0 aliphatic rings. The van der Waals surface area contributed by atoms with E-state index in [1.807, 2.05) is 0 Å². The number of nitrogens with zero attached hydrogens (tertiary/aromatic N) is 1. The van der Waals surface area contributed by atoms with Crippen molar-refractivity contribution in [3.05, 3.63) is 67.7 Å². The van der Waals surface area contributed by atoms with Gasteiger partial charge in [0, 0.05) is 28.2 Å². The van der Waals surface area contributed by atoms with Crippen LogP contribution in [0, 0.1) is 10.1 Å². The van der Waals surface area contributed by atoms with Crippen LogP contribution >= 0.6 is 23.2 Å². The maximum atomic E-state index is 11.1. The third kappa shape index (κ3) is 3.85. The van der Waals surface area contributed by atoms with Crippen molar-refractivity contribution >= 4 is 28.9 Å². The highest BCUT2D eigenvalue weighted by molar-refractivity contribution is 6.33. The van der Waals surface area contributed by atoms with Crippen LogP contribution < -0.4 is 10.5 Å². The zero-order valence-corrected chi connectivity index (χ0v) is 12.4. The molecule has 5 nitrogen and oxygen atoms in total. The van der Waals surface area contributed by atoms with Gasteiger partial charge in [0.15, 0.2) is 5.75 Å². The highest BCUT2D eigenvalue weighted by Crippen LogP contribution is 2.30. The number of ether oxygens (including phenoxy) is 1. The highest BCUT2D eigenvalue weighted by Gasteiger charge is 2.16. The second kappa shape index (κ2) is 6.76. The van der Waals surface area contributed by atoms with E-state index in [1.54, 1.807) is 24.3 Å². The molecule has 2 rings (SSSR count). The van der Waals surface area contributed by atoms with Crippen molar-refractivity contribution in [1.29, 1.82) is 0 Å². The number of nitro benzene ring substituents is 1. The van der Waals surface area contributed by atoms with Crippen LogP contribution in [0.3, 0.4) is 0 Å². The molecule has 0 saturated heterocycles. The Morgan fingerprint density at radius 3 is 2.62 bits per heavy atom. The Bertz CT molecular complexity index is 677. The monoisotopic (exact) mass is 326 g/mol. The first-order chi connectivity index (χ1) is 10.0. The Kier molecular flexibility index (Phi) is 5.01. The van der Waals surface area contributed by atoms with Gasteiger partial charge in [-0.1, -0.05) is 29.3 Å². The van der Waals surface area contributed by atoms with Crippen LogP contribution in [0.15, 0.2) is 36.4 Å². The second-order valence-corrected chi connectivity index (χ2v) is 5.13. The van der Waals surface area contributed by atoms with Gasteiger partial charge in [0.2, 0.25) is 0 Å². The van der Waals surface area contributed by atoms with Crippen LogP contribution in [0.25, 0.3) is 0 Å². The fraction of sp³-hybridized carbons (Fsp3) is 0.143. The van der Waals surface area contributed by atoms with Crippen molar-refractivity contribution in [2.75, 3.05) is 0 Å². The largest absolute Gasteiger partial charge is 0.482 e. The lowest BCUT2D eigenvalue weighted by atomic mass is 10.2. The number of nitrogens with two attached hydrogens (primary N) is 1. The molecule has 0 saturated carbocycles. The maximum Gasteiger partial charge on any atom is 0.311 e. The van der Waals surface area contributed by atoms with E-state index in [0.29, 0.717) is 21.2 Å². The fourth-order valence-electron chi connectivity index (χ4n) is 1.76. The van der Waals surface area contributed by atoms with E-state index in [4.69, 9.17) is 33.7 Å². The molecule has 0 bridgehead atoms. The Hall–Kier alpha value is -1.82. The normalized spacial score (nSPS) is 10.4. The van der Waals surface area contributed by atoms with Gasteiger partial charge in [-0.15, -0.1) is 0 Å². The molecular weight excluding hydrogens is 315 g/mol. The number of benzene rings is 2.